The van der Waals surface area contributed by atoms with E-state index in [0.29, 0.717) is 25.8 Å². The fourth-order valence-electron chi connectivity index (χ4n) is 7.66. The van der Waals surface area contributed by atoms with E-state index in [9.17, 15) is 32.4 Å². The zero-order valence-electron chi connectivity index (χ0n) is 27.6. The molecule has 0 aromatic rings. The van der Waals surface area contributed by atoms with Crippen LogP contribution in [0.3, 0.4) is 0 Å². The highest BCUT2D eigenvalue weighted by molar-refractivity contribution is 7.92. The van der Waals surface area contributed by atoms with E-state index < -0.39 is 74.1 Å². The van der Waals surface area contributed by atoms with Crippen molar-refractivity contribution in [1.29, 1.82) is 0 Å². The molecule has 3 N–H and O–H groups in total. The lowest BCUT2D eigenvalue weighted by molar-refractivity contribution is -0.145. The van der Waals surface area contributed by atoms with Gasteiger partial charge in [-0.2, -0.15) is 0 Å². The summed E-state index contributed by atoms with van der Waals surface area (Å²) >= 11 is 0. The number of carbonyl (C=O) groups is 5. The highest BCUT2D eigenvalue weighted by Gasteiger charge is 2.70. The van der Waals surface area contributed by atoms with Gasteiger partial charge < -0.3 is 20.9 Å². The molecule has 5 unspecified atom stereocenters. The Balaban J connectivity index is 1.53. The lowest BCUT2D eigenvalue weighted by Crippen LogP contribution is -2.62. The predicted molar refractivity (Wildman–Crippen MR) is 166 cm³/mol. The number of hydrogen-bond acceptors (Lipinski definition) is 7. The number of fused-ring (bicyclic) bond motifs is 1. The molecular weight excluding hydrogens is 584 g/mol. The molecular formula is C32H52N4O7S. The SMILES string of the molecule is CC(=O)C(=O)C(CC1CCC1)NC(=O)[C@@H]1C2C(CN1C(=O)[C@@H](NC(=O)NC(C(C)C)C1CCCS1(=O)=O)C(C)(C)C)C2(C)C. The molecule has 11 nitrogen and oxygen atoms in total. The fourth-order valence-corrected chi connectivity index (χ4v) is 9.88. The van der Waals surface area contributed by atoms with Crippen LogP contribution in [0, 0.1) is 34.5 Å². The van der Waals surface area contributed by atoms with E-state index in [2.05, 4.69) is 29.8 Å². The van der Waals surface area contributed by atoms with Crippen molar-refractivity contribution in [2.75, 3.05) is 12.3 Å². The Morgan fingerprint density at radius 3 is 2.07 bits per heavy atom. The first-order valence-corrected chi connectivity index (χ1v) is 17.9. The van der Waals surface area contributed by atoms with Gasteiger partial charge in [0.05, 0.1) is 17.0 Å². The van der Waals surface area contributed by atoms with Crippen LogP contribution in [0.5, 0.6) is 0 Å². The quantitative estimate of drug-likeness (QED) is 0.294. The minimum Gasteiger partial charge on any atom is -0.344 e. The summed E-state index contributed by atoms with van der Waals surface area (Å²) in [6, 6.07) is -4.00. The third-order valence-electron chi connectivity index (χ3n) is 10.7. The van der Waals surface area contributed by atoms with Gasteiger partial charge >= 0.3 is 6.03 Å². The summed E-state index contributed by atoms with van der Waals surface area (Å²) in [6.07, 6.45) is 4.40. The van der Waals surface area contributed by atoms with E-state index in [4.69, 9.17) is 0 Å². The van der Waals surface area contributed by atoms with Crippen LogP contribution >= 0.6 is 0 Å². The van der Waals surface area contributed by atoms with Crippen LogP contribution in [-0.4, -0.2) is 84.4 Å². The van der Waals surface area contributed by atoms with Gasteiger partial charge in [0.15, 0.2) is 15.6 Å². The number of likely N-dealkylation sites (tertiary alicyclic amines) is 1. The molecule has 248 valence electrons. The number of Topliss-reactive ketones (excluding diaryl/α,β-unsaturated/α-hetero) is 2. The molecule has 0 spiro atoms. The van der Waals surface area contributed by atoms with Gasteiger partial charge in [-0.05, 0) is 53.8 Å². The summed E-state index contributed by atoms with van der Waals surface area (Å²) in [4.78, 5) is 67.9. The van der Waals surface area contributed by atoms with Crippen molar-refractivity contribution in [2.45, 2.75) is 123 Å². The van der Waals surface area contributed by atoms with E-state index in [-0.39, 0.29) is 34.8 Å². The Morgan fingerprint density at radius 1 is 0.955 bits per heavy atom. The summed E-state index contributed by atoms with van der Waals surface area (Å²) in [5.74, 6) is -1.87. The van der Waals surface area contributed by atoms with E-state index in [1.54, 1.807) is 0 Å². The van der Waals surface area contributed by atoms with Crippen molar-refractivity contribution in [2.24, 2.45) is 34.5 Å². The molecule has 2 saturated heterocycles. The molecule has 2 aliphatic carbocycles. The third-order valence-corrected chi connectivity index (χ3v) is 13.0. The highest BCUT2D eigenvalue weighted by Crippen LogP contribution is 2.65. The summed E-state index contributed by atoms with van der Waals surface area (Å²) in [5.41, 5.74) is -0.909. The maximum Gasteiger partial charge on any atom is 0.315 e. The first kappa shape index (κ1) is 34.4. The minimum absolute atomic E-state index is 0.0862. The predicted octanol–water partition coefficient (Wildman–Crippen LogP) is 2.62. The van der Waals surface area contributed by atoms with Crippen molar-refractivity contribution < 1.29 is 32.4 Å². The molecule has 0 aromatic carbocycles. The second-order valence-corrected chi connectivity index (χ2v) is 18.0. The molecule has 4 rings (SSSR count). The molecule has 7 atom stereocenters. The summed E-state index contributed by atoms with van der Waals surface area (Å²) in [7, 11) is -3.33. The first-order chi connectivity index (χ1) is 20.3. The van der Waals surface area contributed by atoms with Crippen molar-refractivity contribution in [3.8, 4) is 0 Å². The van der Waals surface area contributed by atoms with Crippen LogP contribution in [0.15, 0.2) is 0 Å². The summed E-state index contributed by atoms with van der Waals surface area (Å²) < 4.78 is 25.3. The Labute approximate surface area is 262 Å². The maximum absolute atomic E-state index is 14.2. The van der Waals surface area contributed by atoms with Gasteiger partial charge in [0.25, 0.3) is 0 Å². The van der Waals surface area contributed by atoms with Gasteiger partial charge in [-0.1, -0.05) is 67.7 Å². The van der Waals surface area contributed by atoms with Crippen LogP contribution in [0.25, 0.3) is 0 Å². The molecule has 4 fully saturated rings. The fraction of sp³-hybridized carbons (Fsp3) is 0.844. The van der Waals surface area contributed by atoms with Gasteiger partial charge in [0.2, 0.25) is 17.6 Å². The van der Waals surface area contributed by atoms with Gasteiger partial charge in [0.1, 0.15) is 12.1 Å². The maximum atomic E-state index is 14.2. The molecule has 0 aromatic heterocycles. The molecule has 0 bridgehead atoms. The smallest absolute Gasteiger partial charge is 0.315 e. The monoisotopic (exact) mass is 636 g/mol. The van der Waals surface area contributed by atoms with Crippen molar-refractivity contribution in [3.63, 3.8) is 0 Å². The Kier molecular flexibility index (Phi) is 9.66. The third kappa shape index (κ3) is 6.84. The van der Waals surface area contributed by atoms with Crippen LogP contribution in [0.2, 0.25) is 0 Å². The summed E-state index contributed by atoms with van der Waals surface area (Å²) in [6.45, 7) is 14.9. The lowest BCUT2D eigenvalue weighted by Gasteiger charge is -2.38. The lowest BCUT2D eigenvalue weighted by atomic mass is 9.79. The first-order valence-electron chi connectivity index (χ1n) is 16.2. The normalized spacial score (nSPS) is 29.2. The van der Waals surface area contributed by atoms with Gasteiger partial charge in [-0.15, -0.1) is 0 Å². The minimum atomic E-state index is -3.33. The highest BCUT2D eigenvalue weighted by atomic mass is 32.2. The Hall–Kier alpha value is -2.50. The van der Waals surface area contributed by atoms with E-state index >= 15 is 0 Å². The Bertz CT molecular complexity index is 1280. The van der Waals surface area contributed by atoms with E-state index in [1.807, 2.05) is 34.6 Å². The zero-order chi connectivity index (χ0) is 32.9. The van der Waals surface area contributed by atoms with Crippen LogP contribution in [0.1, 0.15) is 93.9 Å². The van der Waals surface area contributed by atoms with Crippen molar-refractivity contribution in [1.82, 2.24) is 20.9 Å². The molecule has 2 saturated carbocycles. The molecule has 44 heavy (non-hydrogen) atoms. The van der Waals surface area contributed by atoms with Crippen LogP contribution < -0.4 is 16.0 Å². The molecule has 2 aliphatic heterocycles. The van der Waals surface area contributed by atoms with Crippen LogP contribution in [0.4, 0.5) is 4.79 Å². The molecule has 4 amide bonds. The van der Waals surface area contributed by atoms with Crippen molar-refractivity contribution >= 4 is 39.2 Å². The number of sulfone groups is 1. The average molecular weight is 637 g/mol. The second-order valence-electron chi connectivity index (χ2n) is 15.6. The average Bonchev–Trinajstić information content (AvgIpc) is 3.19. The number of carbonyl (C=O) groups excluding carboxylic acids is 5. The molecule has 4 aliphatic rings. The van der Waals surface area contributed by atoms with Gasteiger partial charge in [0, 0.05) is 19.5 Å². The number of rotatable bonds is 11. The number of ketones is 2. The van der Waals surface area contributed by atoms with E-state index in [0.717, 1.165) is 19.3 Å². The van der Waals surface area contributed by atoms with Gasteiger partial charge in [-0.3, -0.25) is 19.2 Å². The number of nitrogens with one attached hydrogen (secondary N) is 3. The molecule has 0 radical (unpaired) electrons. The standard InChI is InChI=1S/C32H52N4O7S/c1-17(2)24(22-13-10-14-44(22,42)43)34-30(41)35-27(31(4,5)6)29(40)36-16-20-23(32(20,7)8)25(36)28(39)33-21(26(38)18(3)37)15-19-11-9-12-19/h17,19-25,27H,9-16H2,1-8H3,(H,33,39)(H2,34,35,41)/t20?,21?,22?,23?,24?,25-,27+/m0/s1. The zero-order valence-corrected chi connectivity index (χ0v) is 28.4. The van der Waals surface area contributed by atoms with E-state index in [1.165, 1.54) is 11.8 Å². The van der Waals surface area contributed by atoms with Gasteiger partial charge in [-0.25, -0.2) is 13.2 Å². The molecule has 2 heterocycles. The van der Waals surface area contributed by atoms with Crippen molar-refractivity contribution in [3.05, 3.63) is 0 Å². The number of hydrogen-bond donors (Lipinski definition) is 3. The number of nitrogens with zero attached hydrogens (tertiary/aromatic N) is 1. The molecule has 12 heteroatoms. The number of urea groups is 1. The number of amides is 4. The second kappa shape index (κ2) is 12.4. The number of piperidine rings is 1. The largest absolute Gasteiger partial charge is 0.344 e. The summed E-state index contributed by atoms with van der Waals surface area (Å²) in [5, 5.41) is 7.86. The Morgan fingerprint density at radius 2 is 1.59 bits per heavy atom. The van der Waals surface area contributed by atoms with Crippen LogP contribution in [-0.2, 0) is 29.0 Å². The topological polar surface area (TPSA) is 159 Å².